The van der Waals surface area contributed by atoms with Crippen molar-refractivity contribution in [1.29, 1.82) is 0 Å². The topological polar surface area (TPSA) is 84.7 Å². The molecule has 7 heteroatoms. The number of aromatic nitrogens is 1. The standard InChI is InChI=1S/C21H27N3O4/c1-3-27-18-7-5-4-6-16(18)8-9-20(25)24-12-10-17(11-13-24)21(26)22-19-14-15(2)28-23-19/h4-7,14,17H,3,8-13H2,1-2H3,(H,22,23,26). The van der Waals surface area contributed by atoms with Crippen molar-refractivity contribution in [3.63, 3.8) is 0 Å². The van der Waals surface area contributed by atoms with E-state index >= 15 is 0 Å². The van der Waals surface area contributed by atoms with Crippen LogP contribution < -0.4 is 10.1 Å². The Morgan fingerprint density at radius 3 is 2.71 bits per heavy atom. The van der Waals surface area contributed by atoms with Crippen molar-refractivity contribution in [3.8, 4) is 5.75 Å². The van der Waals surface area contributed by atoms with Crippen LogP contribution in [0.15, 0.2) is 34.9 Å². The van der Waals surface area contributed by atoms with E-state index in [1.807, 2.05) is 36.1 Å². The second kappa shape index (κ2) is 9.39. The summed E-state index contributed by atoms with van der Waals surface area (Å²) in [7, 11) is 0. The molecule has 0 spiro atoms. The van der Waals surface area contributed by atoms with Crippen molar-refractivity contribution in [2.45, 2.75) is 39.5 Å². The van der Waals surface area contributed by atoms with E-state index in [1.165, 1.54) is 0 Å². The highest BCUT2D eigenvalue weighted by Crippen LogP contribution is 2.22. The van der Waals surface area contributed by atoms with Gasteiger partial charge in [0.1, 0.15) is 11.5 Å². The third-order valence-electron chi connectivity index (χ3n) is 4.98. The van der Waals surface area contributed by atoms with Gasteiger partial charge in [-0.2, -0.15) is 0 Å². The molecular weight excluding hydrogens is 358 g/mol. The van der Waals surface area contributed by atoms with Gasteiger partial charge in [0.25, 0.3) is 0 Å². The summed E-state index contributed by atoms with van der Waals surface area (Å²) < 4.78 is 10.6. The Balaban J connectivity index is 1.45. The lowest BCUT2D eigenvalue weighted by atomic mass is 9.95. The Bertz CT molecular complexity index is 809. The van der Waals surface area contributed by atoms with Crippen LogP contribution >= 0.6 is 0 Å². The summed E-state index contributed by atoms with van der Waals surface area (Å²) in [4.78, 5) is 26.8. The highest BCUT2D eigenvalue weighted by atomic mass is 16.5. The van der Waals surface area contributed by atoms with Crippen molar-refractivity contribution >= 4 is 17.6 Å². The van der Waals surface area contributed by atoms with Crippen LogP contribution in [0.5, 0.6) is 5.75 Å². The summed E-state index contributed by atoms with van der Waals surface area (Å²) in [6.07, 6.45) is 2.41. The smallest absolute Gasteiger partial charge is 0.228 e. The number of anilines is 1. The highest BCUT2D eigenvalue weighted by molar-refractivity contribution is 5.91. The minimum Gasteiger partial charge on any atom is -0.494 e. The van der Waals surface area contributed by atoms with Gasteiger partial charge in [0.15, 0.2) is 5.82 Å². The van der Waals surface area contributed by atoms with E-state index in [9.17, 15) is 9.59 Å². The molecule has 2 amide bonds. The van der Waals surface area contributed by atoms with Crippen molar-refractivity contribution < 1.29 is 18.8 Å². The molecule has 150 valence electrons. The van der Waals surface area contributed by atoms with Gasteiger partial charge in [-0.25, -0.2) is 0 Å². The number of nitrogens with zero attached hydrogens (tertiary/aromatic N) is 2. The van der Waals surface area contributed by atoms with Gasteiger partial charge in [-0.05, 0) is 44.7 Å². The summed E-state index contributed by atoms with van der Waals surface area (Å²) in [5, 5.41) is 6.57. The van der Waals surface area contributed by atoms with Gasteiger partial charge in [0.2, 0.25) is 11.8 Å². The first-order chi connectivity index (χ1) is 13.6. The van der Waals surface area contributed by atoms with Gasteiger partial charge in [-0.1, -0.05) is 23.4 Å². The summed E-state index contributed by atoms with van der Waals surface area (Å²) >= 11 is 0. The van der Waals surface area contributed by atoms with Crippen LogP contribution in [0, 0.1) is 12.8 Å². The number of likely N-dealkylation sites (tertiary alicyclic amines) is 1. The van der Waals surface area contributed by atoms with Crippen molar-refractivity contribution in [3.05, 3.63) is 41.7 Å². The lowest BCUT2D eigenvalue weighted by molar-refractivity contribution is -0.134. The van der Waals surface area contributed by atoms with Crippen molar-refractivity contribution in [2.75, 3.05) is 25.0 Å². The normalized spacial score (nSPS) is 14.7. The van der Waals surface area contributed by atoms with E-state index in [1.54, 1.807) is 13.0 Å². The molecule has 0 aliphatic carbocycles. The number of carbonyl (C=O) groups excluding carboxylic acids is 2. The Hall–Kier alpha value is -2.83. The van der Waals surface area contributed by atoms with Crippen LogP contribution in [-0.4, -0.2) is 41.6 Å². The van der Waals surface area contributed by atoms with Crippen LogP contribution in [0.4, 0.5) is 5.82 Å². The summed E-state index contributed by atoms with van der Waals surface area (Å²) in [5.41, 5.74) is 1.05. The van der Waals surface area contributed by atoms with Gasteiger partial charge >= 0.3 is 0 Å². The molecule has 0 atom stereocenters. The molecular formula is C21H27N3O4. The molecule has 0 unspecified atom stereocenters. The zero-order chi connectivity index (χ0) is 19.9. The molecule has 7 nitrogen and oxygen atoms in total. The highest BCUT2D eigenvalue weighted by Gasteiger charge is 2.27. The number of carbonyl (C=O) groups is 2. The fourth-order valence-corrected chi connectivity index (χ4v) is 3.45. The van der Waals surface area contributed by atoms with Crippen LogP contribution in [0.2, 0.25) is 0 Å². The first-order valence-electron chi connectivity index (χ1n) is 9.79. The molecule has 28 heavy (non-hydrogen) atoms. The molecule has 1 saturated heterocycles. The molecule has 1 aliphatic rings. The molecule has 1 fully saturated rings. The number of benzene rings is 1. The molecule has 2 heterocycles. The predicted molar refractivity (Wildman–Crippen MR) is 105 cm³/mol. The number of para-hydroxylation sites is 1. The zero-order valence-corrected chi connectivity index (χ0v) is 16.4. The second-order valence-electron chi connectivity index (χ2n) is 7.01. The minimum absolute atomic E-state index is 0.0639. The fourth-order valence-electron chi connectivity index (χ4n) is 3.45. The molecule has 1 aliphatic heterocycles. The van der Waals surface area contributed by atoms with Crippen molar-refractivity contribution in [2.24, 2.45) is 5.92 Å². The monoisotopic (exact) mass is 385 g/mol. The average Bonchev–Trinajstić information content (AvgIpc) is 3.12. The first kappa shape index (κ1) is 19.9. The number of nitrogens with one attached hydrogen (secondary N) is 1. The third-order valence-corrected chi connectivity index (χ3v) is 4.98. The maximum atomic E-state index is 12.6. The van der Waals surface area contributed by atoms with Gasteiger partial charge in [0.05, 0.1) is 6.61 Å². The number of piperidine rings is 1. The predicted octanol–water partition coefficient (Wildman–Crippen LogP) is 3.19. The summed E-state index contributed by atoms with van der Waals surface area (Å²) in [5.74, 6) is 1.88. The Kier molecular flexibility index (Phi) is 6.68. The zero-order valence-electron chi connectivity index (χ0n) is 16.4. The van der Waals surface area contributed by atoms with E-state index in [0.29, 0.717) is 57.0 Å². The molecule has 2 aromatic rings. The maximum absolute atomic E-state index is 12.6. The van der Waals surface area contributed by atoms with Crippen molar-refractivity contribution in [1.82, 2.24) is 10.1 Å². The lowest BCUT2D eigenvalue weighted by Crippen LogP contribution is -2.41. The van der Waals surface area contributed by atoms with Gasteiger partial charge in [0, 0.05) is 31.5 Å². The van der Waals surface area contributed by atoms with E-state index < -0.39 is 0 Å². The third kappa shape index (κ3) is 5.12. The molecule has 1 aromatic carbocycles. The number of hydrogen-bond acceptors (Lipinski definition) is 5. The van der Waals surface area contributed by atoms with Crippen LogP contribution in [0.1, 0.15) is 37.5 Å². The molecule has 0 bridgehead atoms. The number of aryl methyl sites for hydroxylation is 2. The second-order valence-corrected chi connectivity index (χ2v) is 7.01. The number of hydrogen-bond donors (Lipinski definition) is 1. The van der Waals surface area contributed by atoms with E-state index in [0.717, 1.165) is 11.3 Å². The largest absolute Gasteiger partial charge is 0.494 e. The maximum Gasteiger partial charge on any atom is 0.228 e. The Labute approximate surface area is 165 Å². The number of amides is 2. The Morgan fingerprint density at radius 1 is 1.29 bits per heavy atom. The molecule has 0 saturated carbocycles. The van der Waals surface area contributed by atoms with Crippen LogP contribution in [0.25, 0.3) is 0 Å². The number of rotatable bonds is 7. The van der Waals surface area contributed by atoms with E-state index in [-0.39, 0.29) is 17.7 Å². The average molecular weight is 385 g/mol. The lowest BCUT2D eigenvalue weighted by Gasteiger charge is -2.31. The van der Waals surface area contributed by atoms with Crippen LogP contribution in [0.3, 0.4) is 0 Å². The molecule has 1 N–H and O–H groups in total. The van der Waals surface area contributed by atoms with E-state index in [4.69, 9.17) is 9.26 Å². The molecule has 1 aromatic heterocycles. The fraction of sp³-hybridized carbons (Fsp3) is 0.476. The quantitative estimate of drug-likeness (QED) is 0.791. The van der Waals surface area contributed by atoms with Gasteiger partial charge in [-0.3, -0.25) is 9.59 Å². The summed E-state index contributed by atoms with van der Waals surface area (Å²) in [6.45, 7) is 5.53. The molecule has 3 rings (SSSR count). The van der Waals surface area contributed by atoms with Crippen LogP contribution in [-0.2, 0) is 16.0 Å². The number of ether oxygens (including phenoxy) is 1. The first-order valence-corrected chi connectivity index (χ1v) is 9.79. The molecule has 0 radical (unpaired) electrons. The van der Waals surface area contributed by atoms with Gasteiger partial charge in [-0.15, -0.1) is 0 Å². The SMILES string of the molecule is CCOc1ccccc1CCC(=O)N1CCC(C(=O)Nc2cc(C)on2)CC1. The minimum atomic E-state index is -0.111. The van der Waals surface area contributed by atoms with E-state index in [2.05, 4.69) is 10.5 Å². The Morgan fingerprint density at radius 2 is 2.04 bits per heavy atom. The van der Waals surface area contributed by atoms with Gasteiger partial charge < -0.3 is 19.5 Å². The summed E-state index contributed by atoms with van der Waals surface area (Å²) in [6, 6.07) is 9.52.